The fraction of sp³-hybridized carbons (Fsp3) is 0.222. The van der Waals surface area contributed by atoms with E-state index in [2.05, 4.69) is 0 Å². The maximum Gasteiger partial charge on any atom is 0.144 e. The molecule has 0 saturated heterocycles. The predicted octanol–water partition coefficient (Wildman–Crippen LogP) is 4.01. The first-order valence-corrected chi connectivity index (χ1v) is 6.88. The van der Waals surface area contributed by atoms with Crippen LogP contribution in [0.3, 0.4) is 0 Å². The molecule has 0 saturated carbocycles. The molecule has 3 nitrogen and oxygen atoms in total. The highest BCUT2D eigenvalue weighted by molar-refractivity contribution is 5.79. The number of hydrogen-bond donors (Lipinski definition) is 1. The summed E-state index contributed by atoms with van der Waals surface area (Å²) in [6, 6.07) is 15.2. The first-order chi connectivity index (χ1) is 10.0. The fourth-order valence-electron chi connectivity index (χ4n) is 2.46. The normalized spacial score (nSPS) is 14.1. The van der Waals surface area contributed by atoms with Crippen molar-refractivity contribution in [2.45, 2.75) is 19.4 Å². The first kappa shape index (κ1) is 13.7. The highest BCUT2D eigenvalue weighted by Crippen LogP contribution is 2.34. The third-order valence-electron chi connectivity index (χ3n) is 3.80. The van der Waals surface area contributed by atoms with E-state index in [-0.39, 0.29) is 0 Å². The first-order valence-electron chi connectivity index (χ1n) is 6.88. The van der Waals surface area contributed by atoms with E-state index in [4.69, 9.17) is 9.15 Å². The Labute approximate surface area is 123 Å². The molecule has 0 fully saturated rings. The van der Waals surface area contributed by atoms with Crippen molar-refractivity contribution in [3.8, 4) is 5.75 Å². The van der Waals surface area contributed by atoms with Crippen LogP contribution < -0.4 is 4.74 Å². The van der Waals surface area contributed by atoms with E-state index in [0.29, 0.717) is 5.76 Å². The number of methoxy groups -OCH3 is 1. The smallest absolute Gasteiger partial charge is 0.144 e. The summed E-state index contributed by atoms with van der Waals surface area (Å²) in [5.41, 5.74) is 1.53. The molecule has 108 valence electrons. The summed E-state index contributed by atoms with van der Waals surface area (Å²) in [7, 11) is 1.62. The van der Waals surface area contributed by atoms with Crippen LogP contribution in [0.2, 0.25) is 0 Å². The maximum atomic E-state index is 10.9. The standard InChI is InChI=1S/C18H18O3/c1-12-4-9-16-13(10-12)11-17(21-16)18(2,19)14-5-7-15(20-3)8-6-14/h4-11,19H,1-3H3. The molecule has 0 spiro atoms. The van der Waals surface area contributed by atoms with Crippen molar-refractivity contribution >= 4 is 11.0 Å². The molecule has 0 aliphatic rings. The zero-order valence-corrected chi connectivity index (χ0v) is 12.4. The molecule has 0 radical (unpaired) electrons. The lowest BCUT2D eigenvalue weighted by atomic mass is 9.93. The Morgan fingerprint density at radius 3 is 2.43 bits per heavy atom. The average Bonchev–Trinajstić information content (AvgIpc) is 2.91. The molecule has 1 N–H and O–H groups in total. The van der Waals surface area contributed by atoms with Gasteiger partial charge in [-0.05, 0) is 49.7 Å². The van der Waals surface area contributed by atoms with Gasteiger partial charge in [0.2, 0.25) is 0 Å². The monoisotopic (exact) mass is 282 g/mol. The highest BCUT2D eigenvalue weighted by Gasteiger charge is 2.29. The van der Waals surface area contributed by atoms with Gasteiger partial charge in [-0.2, -0.15) is 0 Å². The molecule has 3 rings (SSSR count). The summed E-state index contributed by atoms with van der Waals surface area (Å²) >= 11 is 0. The van der Waals surface area contributed by atoms with Crippen molar-refractivity contribution in [3.05, 3.63) is 65.4 Å². The van der Waals surface area contributed by atoms with E-state index in [1.54, 1.807) is 14.0 Å². The molecule has 0 bridgehead atoms. The van der Waals surface area contributed by atoms with Gasteiger partial charge in [0.1, 0.15) is 22.7 Å². The largest absolute Gasteiger partial charge is 0.497 e. The predicted molar refractivity (Wildman–Crippen MR) is 82.6 cm³/mol. The number of aliphatic hydroxyl groups is 1. The van der Waals surface area contributed by atoms with Crippen LogP contribution in [-0.4, -0.2) is 12.2 Å². The van der Waals surface area contributed by atoms with Gasteiger partial charge in [-0.15, -0.1) is 0 Å². The average molecular weight is 282 g/mol. The summed E-state index contributed by atoms with van der Waals surface area (Å²) in [5, 5.41) is 11.9. The lowest BCUT2D eigenvalue weighted by Crippen LogP contribution is -2.21. The van der Waals surface area contributed by atoms with Gasteiger partial charge < -0.3 is 14.3 Å². The van der Waals surface area contributed by atoms with Crippen LogP contribution in [0.1, 0.15) is 23.8 Å². The third-order valence-corrected chi connectivity index (χ3v) is 3.80. The molecule has 1 aromatic heterocycles. The molecule has 0 aliphatic heterocycles. The van der Waals surface area contributed by atoms with Gasteiger partial charge in [-0.3, -0.25) is 0 Å². The van der Waals surface area contributed by atoms with E-state index in [9.17, 15) is 5.11 Å². The number of benzene rings is 2. The van der Waals surface area contributed by atoms with Gasteiger partial charge in [0.25, 0.3) is 0 Å². The molecule has 0 aliphatic carbocycles. The fourth-order valence-corrected chi connectivity index (χ4v) is 2.46. The SMILES string of the molecule is COc1ccc(C(C)(O)c2cc3cc(C)ccc3o2)cc1. The van der Waals surface area contributed by atoms with Crippen molar-refractivity contribution in [2.24, 2.45) is 0 Å². The quantitative estimate of drug-likeness (QED) is 0.789. The zero-order chi connectivity index (χ0) is 15.0. The second-order valence-electron chi connectivity index (χ2n) is 5.45. The Bertz CT molecular complexity index is 767. The Morgan fingerprint density at radius 2 is 1.76 bits per heavy atom. The van der Waals surface area contributed by atoms with Crippen molar-refractivity contribution in [3.63, 3.8) is 0 Å². The number of fused-ring (bicyclic) bond motifs is 1. The minimum atomic E-state index is -1.18. The lowest BCUT2D eigenvalue weighted by molar-refractivity contribution is 0.0786. The number of aryl methyl sites for hydroxylation is 1. The number of hydrogen-bond acceptors (Lipinski definition) is 3. The summed E-state index contributed by atoms with van der Waals surface area (Å²) < 4.78 is 11.0. The van der Waals surface area contributed by atoms with E-state index in [0.717, 1.165) is 22.3 Å². The molecule has 21 heavy (non-hydrogen) atoms. The molecule has 1 unspecified atom stereocenters. The van der Waals surface area contributed by atoms with Gasteiger partial charge in [0.05, 0.1) is 7.11 Å². The number of rotatable bonds is 3. The minimum absolute atomic E-state index is 0.535. The van der Waals surface area contributed by atoms with Crippen molar-refractivity contribution in [1.29, 1.82) is 0 Å². The topological polar surface area (TPSA) is 42.6 Å². The molecule has 1 atom stereocenters. The van der Waals surface area contributed by atoms with E-state index < -0.39 is 5.60 Å². The summed E-state index contributed by atoms with van der Waals surface area (Å²) in [6.45, 7) is 3.77. The van der Waals surface area contributed by atoms with E-state index >= 15 is 0 Å². The van der Waals surface area contributed by atoms with Crippen molar-refractivity contribution in [1.82, 2.24) is 0 Å². The van der Waals surface area contributed by atoms with Crippen LogP contribution in [-0.2, 0) is 5.60 Å². The minimum Gasteiger partial charge on any atom is -0.497 e. The molecule has 3 aromatic rings. The van der Waals surface area contributed by atoms with Crippen molar-refractivity contribution in [2.75, 3.05) is 7.11 Å². The molecular weight excluding hydrogens is 264 g/mol. The number of ether oxygens (including phenoxy) is 1. The van der Waals surface area contributed by atoms with Gasteiger partial charge >= 0.3 is 0 Å². The van der Waals surface area contributed by atoms with Crippen LogP contribution in [0.15, 0.2) is 52.9 Å². The molecule has 3 heteroatoms. The highest BCUT2D eigenvalue weighted by atomic mass is 16.5. The van der Waals surface area contributed by atoms with Crippen LogP contribution in [0, 0.1) is 6.92 Å². The van der Waals surface area contributed by atoms with Gasteiger partial charge in [-0.1, -0.05) is 23.8 Å². The van der Waals surface area contributed by atoms with Gasteiger partial charge in [0, 0.05) is 5.39 Å². The summed E-state index contributed by atoms with van der Waals surface area (Å²) in [6.07, 6.45) is 0. The van der Waals surface area contributed by atoms with Crippen LogP contribution in [0.4, 0.5) is 0 Å². The molecular formula is C18H18O3. The van der Waals surface area contributed by atoms with Crippen molar-refractivity contribution < 1.29 is 14.3 Å². The van der Waals surface area contributed by atoms with Gasteiger partial charge in [0.15, 0.2) is 0 Å². The Morgan fingerprint density at radius 1 is 1.05 bits per heavy atom. The maximum absolute atomic E-state index is 10.9. The van der Waals surface area contributed by atoms with E-state index in [1.807, 2.05) is 55.5 Å². The Balaban J connectivity index is 2.05. The summed E-state index contributed by atoms with van der Waals surface area (Å²) in [5.74, 6) is 1.29. The second-order valence-corrected chi connectivity index (χ2v) is 5.45. The van der Waals surface area contributed by atoms with Gasteiger partial charge in [-0.25, -0.2) is 0 Å². The Kier molecular flexibility index (Phi) is 3.22. The van der Waals surface area contributed by atoms with E-state index in [1.165, 1.54) is 5.56 Å². The molecule has 1 heterocycles. The van der Waals surface area contributed by atoms with Crippen LogP contribution in [0.5, 0.6) is 5.75 Å². The zero-order valence-electron chi connectivity index (χ0n) is 12.4. The van der Waals surface area contributed by atoms with Crippen LogP contribution in [0.25, 0.3) is 11.0 Å². The van der Waals surface area contributed by atoms with Crippen LogP contribution >= 0.6 is 0 Å². The molecule has 0 amide bonds. The second kappa shape index (κ2) is 4.93. The Hall–Kier alpha value is -2.26. The summed E-state index contributed by atoms with van der Waals surface area (Å²) in [4.78, 5) is 0. The number of furan rings is 1. The third kappa shape index (κ3) is 2.41. The lowest BCUT2D eigenvalue weighted by Gasteiger charge is -2.21. The molecule has 2 aromatic carbocycles.